The van der Waals surface area contributed by atoms with Crippen molar-refractivity contribution < 1.29 is 13.2 Å². The highest BCUT2D eigenvalue weighted by Crippen LogP contribution is 2.25. The molecule has 0 unspecified atom stereocenters. The van der Waals surface area contributed by atoms with E-state index in [0.29, 0.717) is 29.9 Å². The van der Waals surface area contributed by atoms with Crippen LogP contribution in [0, 0.1) is 0 Å². The van der Waals surface area contributed by atoms with E-state index in [4.69, 9.17) is 0 Å². The number of pyridine rings is 1. The SMILES string of the molecule is O=C(c1ccc(NS(=O)(=O)c2cccc3cccnc23)cc1)N1CC(=Cc2ccccc2)C1. The van der Waals surface area contributed by atoms with Crippen molar-refractivity contribution in [2.45, 2.75) is 4.90 Å². The molecule has 2 heterocycles. The van der Waals surface area contributed by atoms with Crippen molar-refractivity contribution in [1.82, 2.24) is 9.88 Å². The second-order valence-corrected chi connectivity index (χ2v) is 9.54. The molecule has 5 rings (SSSR count). The lowest BCUT2D eigenvalue weighted by molar-refractivity contribution is 0.0729. The van der Waals surface area contributed by atoms with Crippen LogP contribution < -0.4 is 4.72 Å². The molecule has 1 fully saturated rings. The highest BCUT2D eigenvalue weighted by molar-refractivity contribution is 7.93. The van der Waals surface area contributed by atoms with Crippen LogP contribution in [0.4, 0.5) is 5.69 Å². The quantitative estimate of drug-likeness (QED) is 0.478. The summed E-state index contributed by atoms with van der Waals surface area (Å²) < 4.78 is 28.5. The zero-order valence-electron chi connectivity index (χ0n) is 17.7. The summed E-state index contributed by atoms with van der Waals surface area (Å²) in [6.07, 6.45) is 3.67. The van der Waals surface area contributed by atoms with Gasteiger partial charge in [-0.3, -0.25) is 14.5 Å². The highest BCUT2D eigenvalue weighted by atomic mass is 32.2. The first-order valence-corrected chi connectivity index (χ1v) is 12.0. The molecule has 0 bridgehead atoms. The maximum atomic E-state index is 13.0. The summed E-state index contributed by atoms with van der Waals surface area (Å²) in [4.78, 5) is 18.8. The Balaban J connectivity index is 1.27. The van der Waals surface area contributed by atoms with Crippen molar-refractivity contribution in [1.29, 1.82) is 0 Å². The van der Waals surface area contributed by atoms with Crippen LogP contribution in [-0.4, -0.2) is 37.3 Å². The molecule has 1 aliphatic rings. The Morgan fingerprint density at radius 2 is 1.61 bits per heavy atom. The summed E-state index contributed by atoms with van der Waals surface area (Å²) in [7, 11) is -3.84. The van der Waals surface area contributed by atoms with Crippen LogP contribution in [0.2, 0.25) is 0 Å². The zero-order chi connectivity index (χ0) is 22.8. The van der Waals surface area contributed by atoms with Gasteiger partial charge < -0.3 is 4.90 Å². The molecule has 33 heavy (non-hydrogen) atoms. The average Bonchev–Trinajstić information content (AvgIpc) is 2.81. The molecule has 6 nitrogen and oxygen atoms in total. The van der Waals surface area contributed by atoms with Gasteiger partial charge in [0.05, 0.1) is 5.52 Å². The minimum Gasteiger partial charge on any atom is -0.330 e. The summed E-state index contributed by atoms with van der Waals surface area (Å²) in [6.45, 7) is 1.19. The first kappa shape index (κ1) is 20.9. The van der Waals surface area contributed by atoms with Gasteiger partial charge in [-0.1, -0.05) is 54.6 Å². The molecule has 1 amide bonds. The van der Waals surface area contributed by atoms with Crippen LogP contribution in [-0.2, 0) is 10.0 Å². The topological polar surface area (TPSA) is 79.4 Å². The van der Waals surface area contributed by atoms with Crippen LogP contribution >= 0.6 is 0 Å². The van der Waals surface area contributed by atoms with Crippen molar-refractivity contribution in [3.63, 3.8) is 0 Å². The molecular formula is C26H21N3O3S. The fourth-order valence-electron chi connectivity index (χ4n) is 3.83. The molecule has 0 aliphatic carbocycles. The van der Waals surface area contributed by atoms with Gasteiger partial charge in [-0.15, -0.1) is 0 Å². The van der Waals surface area contributed by atoms with Gasteiger partial charge in [-0.05, 0) is 47.5 Å². The number of likely N-dealkylation sites (tertiary alicyclic amines) is 1. The van der Waals surface area contributed by atoms with E-state index < -0.39 is 10.0 Å². The number of sulfonamides is 1. The summed E-state index contributed by atoms with van der Waals surface area (Å²) in [6, 6.07) is 25.1. The number of anilines is 1. The summed E-state index contributed by atoms with van der Waals surface area (Å²) in [5.74, 6) is -0.0760. The van der Waals surface area contributed by atoms with Gasteiger partial charge in [0.25, 0.3) is 15.9 Å². The fourth-order valence-corrected chi connectivity index (χ4v) is 5.07. The van der Waals surface area contributed by atoms with Gasteiger partial charge >= 0.3 is 0 Å². The van der Waals surface area contributed by atoms with Crippen molar-refractivity contribution in [2.24, 2.45) is 0 Å². The predicted molar refractivity (Wildman–Crippen MR) is 129 cm³/mol. The Hall–Kier alpha value is -3.97. The molecule has 164 valence electrons. The fraction of sp³-hybridized carbons (Fsp3) is 0.0769. The van der Waals surface area contributed by atoms with Crippen molar-refractivity contribution in [3.05, 3.63) is 108 Å². The summed E-state index contributed by atoms with van der Waals surface area (Å²) >= 11 is 0. The van der Waals surface area contributed by atoms with Gasteiger partial charge in [-0.25, -0.2) is 8.42 Å². The standard InChI is InChI=1S/C26H21N3O3S/c30-26(29-17-20(18-29)16-19-6-2-1-3-7-19)22-11-13-23(14-12-22)28-33(31,32)24-10-4-8-21-9-5-15-27-25(21)24/h1-16,28H,17-18H2. The number of fused-ring (bicyclic) bond motifs is 1. The van der Waals surface area contributed by atoms with Crippen molar-refractivity contribution >= 4 is 38.6 Å². The average molecular weight is 456 g/mol. The van der Waals surface area contributed by atoms with E-state index in [1.165, 1.54) is 11.6 Å². The number of carbonyl (C=O) groups excluding carboxylic acids is 1. The normalized spacial score (nSPS) is 13.5. The van der Waals surface area contributed by atoms with E-state index in [1.54, 1.807) is 47.5 Å². The number of amides is 1. The monoisotopic (exact) mass is 455 g/mol. The van der Waals surface area contributed by atoms with Crippen LogP contribution in [0.25, 0.3) is 17.0 Å². The third-order valence-electron chi connectivity index (χ3n) is 5.51. The minimum atomic E-state index is -3.84. The maximum absolute atomic E-state index is 13.0. The Morgan fingerprint density at radius 1 is 0.879 bits per heavy atom. The predicted octanol–water partition coefficient (Wildman–Crippen LogP) is 4.58. The number of nitrogens with one attached hydrogen (secondary N) is 1. The van der Waals surface area contributed by atoms with Crippen LogP contribution in [0.5, 0.6) is 0 Å². The lowest BCUT2D eigenvalue weighted by Crippen LogP contribution is -2.44. The lowest BCUT2D eigenvalue weighted by atomic mass is 10.0. The molecule has 4 aromatic rings. The molecule has 0 radical (unpaired) electrons. The molecule has 0 saturated carbocycles. The van der Waals surface area contributed by atoms with Crippen molar-refractivity contribution in [2.75, 3.05) is 17.8 Å². The van der Waals surface area contributed by atoms with E-state index in [0.717, 1.165) is 10.9 Å². The first-order chi connectivity index (χ1) is 16.0. The second kappa shape index (κ2) is 8.52. The number of rotatable bonds is 5. The maximum Gasteiger partial charge on any atom is 0.264 e. The smallest absolute Gasteiger partial charge is 0.264 e. The lowest BCUT2D eigenvalue weighted by Gasteiger charge is -2.34. The molecule has 0 atom stereocenters. The largest absolute Gasteiger partial charge is 0.330 e. The number of nitrogens with zero attached hydrogens (tertiary/aromatic N) is 2. The molecule has 1 N–H and O–H groups in total. The van der Waals surface area contributed by atoms with Gasteiger partial charge in [0.1, 0.15) is 4.90 Å². The first-order valence-electron chi connectivity index (χ1n) is 10.5. The third kappa shape index (κ3) is 4.36. The Labute approximate surface area is 192 Å². The van der Waals surface area contributed by atoms with Gasteiger partial charge in [0.2, 0.25) is 0 Å². The molecule has 0 spiro atoms. The van der Waals surface area contributed by atoms with Crippen LogP contribution in [0.3, 0.4) is 0 Å². The van der Waals surface area contributed by atoms with E-state index in [2.05, 4.69) is 15.8 Å². The van der Waals surface area contributed by atoms with Gasteiger partial charge in [-0.2, -0.15) is 0 Å². The molecule has 1 aromatic heterocycles. The summed E-state index contributed by atoms with van der Waals surface area (Å²) in [5.41, 5.74) is 3.63. The molecule has 3 aromatic carbocycles. The number of hydrogen-bond acceptors (Lipinski definition) is 4. The molecule has 7 heteroatoms. The number of carbonyl (C=O) groups is 1. The Kier molecular flexibility index (Phi) is 5.40. The molecular weight excluding hydrogens is 434 g/mol. The molecule has 1 aliphatic heterocycles. The zero-order valence-corrected chi connectivity index (χ0v) is 18.5. The van der Waals surface area contributed by atoms with Gasteiger partial charge in [0.15, 0.2) is 0 Å². The van der Waals surface area contributed by atoms with Gasteiger partial charge in [0, 0.05) is 35.9 Å². The highest BCUT2D eigenvalue weighted by Gasteiger charge is 2.26. The Bertz CT molecular complexity index is 1450. The van der Waals surface area contributed by atoms with E-state index in [9.17, 15) is 13.2 Å². The Morgan fingerprint density at radius 3 is 2.36 bits per heavy atom. The summed E-state index contributed by atoms with van der Waals surface area (Å²) in [5, 5.41) is 0.747. The third-order valence-corrected chi connectivity index (χ3v) is 6.93. The number of para-hydroxylation sites is 1. The van der Waals surface area contributed by atoms with E-state index in [1.807, 2.05) is 42.5 Å². The molecule has 1 saturated heterocycles. The minimum absolute atomic E-state index is 0.0760. The number of hydrogen-bond donors (Lipinski definition) is 1. The van der Waals surface area contributed by atoms with Crippen molar-refractivity contribution in [3.8, 4) is 0 Å². The second-order valence-electron chi connectivity index (χ2n) is 7.89. The van der Waals surface area contributed by atoms with E-state index in [-0.39, 0.29) is 10.8 Å². The number of aromatic nitrogens is 1. The van der Waals surface area contributed by atoms with E-state index >= 15 is 0 Å². The number of benzene rings is 3. The van der Waals surface area contributed by atoms with Crippen LogP contribution in [0.15, 0.2) is 102 Å². The van der Waals surface area contributed by atoms with Crippen LogP contribution in [0.1, 0.15) is 15.9 Å².